The smallest absolute Gasteiger partial charge is 0.178 e. The number of hydrogen-bond acceptors (Lipinski definition) is 3. The summed E-state index contributed by atoms with van der Waals surface area (Å²) in [5, 5.41) is 0. The molecule has 58 valence electrons. The summed E-state index contributed by atoms with van der Waals surface area (Å²) in [6, 6.07) is 3.34. The van der Waals surface area contributed by atoms with Crippen LogP contribution in [0, 0.1) is 0 Å². The Balaban J connectivity index is 3.15. The van der Waals surface area contributed by atoms with Gasteiger partial charge in [-0.05, 0) is 28.1 Å². The number of hydrogen-bond donors (Lipinski definition) is 1. The molecule has 0 aliphatic heterocycles. The minimum atomic E-state index is -0.0794. The van der Waals surface area contributed by atoms with Gasteiger partial charge in [0.25, 0.3) is 0 Å². The van der Waals surface area contributed by atoms with Crippen LogP contribution in [0.4, 0.5) is 5.82 Å². The van der Waals surface area contributed by atoms with Crippen molar-refractivity contribution < 1.29 is 4.79 Å². The molecule has 1 rings (SSSR count). The first-order valence-electron chi connectivity index (χ1n) is 3.04. The number of nitrogens with zero attached hydrogens (tertiary/aromatic N) is 1. The molecule has 0 bridgehead atoms. The number of ketones is 1. The topological polar surface area (TPSA) is 56.0 Å². The van der Waals surface area contributed by atoms with Crippen molar-refractivity contribution in [3.8, 4) is 0 Å². The van der Waals surface area contributed by atoms with Crippen LogP contribution in [-0.4, -0.2) is 10.8 Å². The molecule has 0 spiro atoms. The van der Waals surface area contributed by atoms with Crippen molar-refractivity contribution in [1.82, 2.24) is 4.98 Å². The minimum absolute atomic E-state index is 0.0794. The highest BCUT2D eigenvalue weighted by Gasteiger charge is 2.02. The summed E-state index contributed by atoms with van der Waals surface area (Å²) in [7, 11) is 0. The Morgan fingerprint density at radius 2 is 2.27 bits per heavy atom. The van der Waals surface area contributed by atoms with E-state index in [4.69, 9.17) is 5.73 Å². The Morgan fingerprint density at radius 3 is 2.73 bits per heavy atom. The fourth-order valence-corrected chi connectivity index (χ4v) is 0.875. The van der Waals surface area contributed by atoms with Crippen molar-refractivity contribution in [2.24, 2.45) is 0 Å². The van der Waals surface area contributed by atoms with Crippen molar-refractivity contribution in [2.75, 3.05) is 5.73 Å². The molecule has 0 radical (unpaired) electrons. The van der Waals surface area contributed by atoms with Crippen LogP contribution in [0.3, 0.4) is 0 Å². The summed E-state index contributed by atoms with van der Waals surface area (Å²) in [6.07, 6.45) is 0. The van der Waals surface area contributed by atoms with Gasteiger partial charge in [0.2, 0.25) is 0 Å². The first-order chi connectivity index (χ1) is 5.11. The second-order valence-electron chi connectivity index (χ2n) is 2.12. The van der Waals surface area contributed by atoms with Gasteiger partial charge in [-0.3, -0.25) is 4.79 Å². The van der Waals surface area contributed by atoms with Gasteiger partial charge in [0.1, 0.15) is 11.5 Å². The van der Waals surface area contributed by atoms with Gasteiger partial charge in [-0.2, -0.15) is 0 Å². The lowest BCUT2D eigenvalue weighted by Crippen LogP contribution is -2.00. The maximum atomic E-state index is 10.8. The van der Waals surface area contributed by atoms with Gasteiger partial charge in [0.05, 0.1) is 4.47 Å². The fraction of sp³-hybridized carbons (Fsp3) is 0.143. The zero-order valence-electron chi connectivity index (χ0n) is 5.97. The molecule has 0 atom stereocenters. The Kier molecular flexibility index (Phi) is 2.24. The zero-order chi connectivity index (χ0) is 8.43. The lowest BCUT2D eigenvalue weighted by molar-refractivity contribution is 0.101. The number of Topliss-reactive ketones (excluding diaryl/α,β-unsaturated/α-hetero) is 1. The first kappa shape index (κ1) is 8.20. The van der Waals surface area contributed by atoms with Crippen LogP contribution in [0.5, 0.6) is 0 Å². The monoisotopic (exact) mass is 214 g/mol. The Labute approximate surface area is 72.7 Å². The van der Waals surface area contributed by atoms with E-state index < -0.39 is 0 Å². The number of carbonyl (C=O) groups excluding carboxylic acids is 1. The van der Waals surface area contributed by atoms with E-state index in [2.05, 4.69) is 20.9 Å². The van der Waals surface area contributed by atoms with Crippen LogP contribution in [-0.2, 0) is 0 Å². The third-order valence-electron chi connectivity index (χ3n) is 1.23. The third kappa shape index (κ3) is 1.77. The Bertz CT molecular complexity index is 298. The molecule has 11 heavy (non-hydrogen) atoms. The molecule has 0 aromatic carbocycles. The normalized spacial score (nSPS) is 9.64. The number of pyridine rings is 1. The van der Waals surface area contributed by atoms with Gasteiger partial charge in [-0.25, -0.2) is 4.98 Å². The molecule has 1 aromatic rings. The molecule has 0 aliphatic carbocycles. The molecule has 0 unspecified atom stereocenters. The summed E-state index contributed by atoms with van der Waals surface area (Å²) in [5.41, 5.74) is 5.84. The molecule has 0 saturated carbocycles. The summed E-state index contributed by atoms with van der Waals surface area (Å²) in [5.74, 6) is 0.266. The number of aromatic nitrogens is 1. The second-order valence-corrected chi connectivity index (χ2v) is 2.97. The van der Waals surface area contributed by atoms with E-state index in [0.717, 1.165) is 0 Å². The van der Waals surface area contributed by atoms with E-state index in [1.807, 2.05) is 0 Å². The molecular formula is C7H7BrN2O. The average Bonchev–Trinajstić information content (AvgIpc) is 1.94. The number of nitrogens with two attached hydrogens (primary N) is 1. The van der Waals surface area contributed by atoms with Gasteiger partial charge in [-0.15, -0.1) is 0 Å². The molecule has 4 heteroatoms. The third-order valence-corrected chi connectivity index (χ3v) is 1.90. The molecule has 0 amide bonds. The lowest BCUT2D eigenvalue weighted by Gasteiger charge is -1.98. The van der Waals surface area contributed by atoms with Gasteiger partial charge in [0, 0.05) is 6.92 Å². The molecule has 2 N–H and O–H groups in total. The standard InChI is InChI=1S/C7H7BrN2O/c1-4(11)6-3-2-5(8)7(9)10-6/h2-3H,1H3,(H2,9,10). The van der Waals surface area contributed by atoms with E-state index in [-0.39, 0.29) is 5.78 Å². The molecule has 0 aliphatic rings. The van der Waals surface area contributed by atoms with Crippen LogP contribution < -0.4 is 5.73 Å². The second kappa shape index (κ2) is 3.00. The number of carbonyl (C=O) groups is 1. The van der Waals surface area contributed by atoms with E-state index in [1.165, 1.54) is 6.92 Å². The van der Waals surface area contributed by atoms with Crippen molar-refractivity contribution in [2.45, 2.75) is 6.92 Å². The van der Waals surface area contributed by atoms with Gasteiger partial charge in [-0.1, -0.05) is 0 Å². The Hall–Kier alpha value is -0.900. The predicted molar refractivity (Wildman–Crippen MR) is 46.4 cm³/mol. The quantitative estimate of drug-likeness (QED) is 0.724. The van der Waals surface area contributed by atoms with E-state index >= 15 is 0 Å². The first-order valence-corrected chi connectivity index (χ1v) is 3.83. The highest BCUT2D eigenvalue weighted by Crippen LogP contribution is 2.16. The Morgan fingerprint density at radius 1 is 1.64 bits per heavy atom. The van der Waals surface area contributed by atoms with Crippen LogP contribution in [0.1, 0.15) is 17.4 Å². The molecule has 1 heterocycles. The fourth-order valence-electron chi connectivity index (χ4n) is 0.654. The van der Waals surface area contributed by atoms with Crippen LogP contribution >= 0.6 is 15.9 Å². The number of nitrogen functional groups attached to an aromatic ring is 1. The van der Waals surface area contributed by atoms with Gasteiger partial charge >= 0.3 is 0 Å². The summed E-state index contributed by atoms with van der Waals surface area (Å²) in [6.45, 7) is 1.45. The lowest BCUT2D eigenvalue weighted by atomic mass is 10.3. The van der Waals surface area contributed by atoms with Gasteiger partial charge < -0.3 is 5.73 Å². The molecule has 0 fully saturated rings. The van der Waals surface area contributed by atoms with Crippen LogP contribution in [0.25, 0.3) is 0 Å². The predicted octanol–water partition coefficient (Wildman–Crippen LogP) is 1.63. The molecular weight excluding hydrogens is 208 g/mol. The van der Waals surface area contributed by atoms with Crippen molar-refractivity contribution in [3.05, 3.63) is 22.3 Å². The van der Waals surface area contributed by atoms with Crippen LogP contribution in [0.2, 0.25) is 0 Å². The van der Waals surface area contributed by atoms with Gasteiger partial charge in [0.15, 0.2) is 5.78 Å². The SMILES string of the molecule is CC(=O)c1ccc(Br)c(N)n1. The van der Waals surface area contributed by atoms with Crippen molar-refractivity contribution >= 4 is 27.5 Å². The van der Waals surface area contributed by atoms with E-state index in [1.54, 1.807) is 12.1 Å². The molecule has 0 saturated heterocycles. The van der Waals surface area contributed by atoms with Crippen molar-refractivity contribution in [1.29, 1.82) is 0 Å². The largest absolute Gasteiger partial charge is 0.383 e. The maximum absolute atomic E-state index is 10.8. The zero-order valence-corrected chi connectivity index (χ0v) is 7.55. The van der Waals surface area contributed by atoms with Crippen LogP contribution in [0.15, 0.2) is 16.6 Å². The number of anilines is 1. The molecule has 1 aromatic heterocycles. The average molecular weight is 215 g/mol. The van der Waals surface area contributed by atoms with E-state index in [9.17, 15) is 4.79 Å². The number of rotatable bonds is 1. The van der Waals surface area contributed by atoms with E-state index in [0.29, 0.717) is 16.0 Å². The summed E-state index contributed by atoms with van der Waals surface area (Å²) < 4.78 is 0.711. The van der Waals surface area contributed by atoms with Crippen molar-refractivity contribution in [3.63, 3.8) is 0 Å². The molecule has 3 nitrogen and oxygen atoms in total. The highest BCUT2D eigenvalue weighted by atomic mass is 79.9. The maximum Gasteiger partial charge on any atom is 0.178 e. The summed E-state index contributed by atoms with van der Waals surface area (Å²) >= 11 is 3.18. The minimum Gasteiger partial charge on any atom is -0.383 e. The highest BCUT2D eigenvalue weighted by molar-refractivity contribution is 9.10. The summed E-state index contributed by atoms with van der Waals surface area (Å²) in [4.78, 5) is 14.6. The number of halogens is 1.